The van der Waals surface area contributed by atoms with Gasteiger partial charge in [-0.3, -0.25) is 0 Å². The second kappa shape index (κ2) is 5.26. The van der Waals surface area contributed by atoms with Crippen molar-refractivity contribution in [2.24, 2.45) is 0 Å². The summed E-state index contributed by atoms with van der Waals surface area (Å²) < 4.78 is 0. The summed E-state index contributed by atoms with van der Waals surface area (Å²) in [4.78, 5) is 0. The van der Waals surface area contributed by atoms with Crippen LogP contribution in [0.4, 0.5) is 5.69 Å². The molecule has 0 radical (unpaired) electrons. The van der Waals surface area contributed by atoms with Gasteiger partial charge in [0.05, 0.1) is 0 Å². The van der Waals surface area contributed by atoms with Crippen LogP contribution in [0.25, 0.3) is 0 Å². The van der Waals surface area contributed by atoms with Crippen molar-refractivity contribution < 1.29 is 0 Å². The van der Waals surface area contributed by atoms with Crippen LogP contribution in [0.5, 0.6) is 0 Å². The van der Waals surface area contributed by atoms with E-state index in [1.54, 1.807) is 0 Å². The van der Waals surface area contributed by atoms with E-state index in [1.807, 2.05) is 0 Å². The summed E-state index contributed by atoms with van der Waals surface area (Å²) in [5.74, 6) is 0. The largest absolute Gasteiger partial charge is 0.379 e. The molecule has 0 saturated heterocycles. The van der Waals surface area contributed by atoms with E-state index < -0.39 is 0 Å². The topological polar surface area (TPSA) is 12.0 Å². The number of benzene rings is 2. The van der Waals surface area contributed by atoms with Crippen LogP contribution >= 0.6 is 0 Å². The second-order valence-corrected chi connectivity index (χ2v) is 5.16. The fraction of sp³-hybridized carbons (Fsp3) is 0.294. The third kappa shape index (κ3) is 3.13. The third-order valence-corrected chi connectivity index (χ3v) is 3.15. The molecular formula is C17H21N. The number of hydrogen-bond donors (Lipinski definition) is 1. The van der Waals surface area contributed by atoms with Crippen molar-refractivity contribution in [1.29, 1.82) is 0 Å². The van der Waals surface area contributed by atoms with E-state index >= 15 is 0 Å². The molecule has 2 aromatic rings. The molecule has 0 aromatic heterocycles. The molecule has 0 bridgehead atoms. The van der Waals surface area contributed by atoms with Gasteiger partial charge >= 0.3 is 0 Å². The highest BCUT2D eigenvalue weighted by Crippen LogP contribution is 2.21. The first-order chi connectivity index (χ1) is 8.54. The van der Waals surface area contributed by atoms with Crippen molar-refractivity contribution in [2.75, 3.05) is 5.32 Å². The Morgan fingerprint density at radius 3 is 2.11 bits per heavy atom. The maximum absolute atomic E-state index is 3.57. The first kappa shape index (κ1) is 12.7. The van der Waals surface area contributed by atoms with Gasteiger partial charge in [0.25, 0.3) is 0 Å². The van der Waals surface area contributed by atoms with Crippen LogP contribution in [0.15, 0.2) is 42.5 Å². The van der Waals surface area contributed by atoms with Gasteiger partial charge in [-0.1, -0.05) is 35.9 Å². The minimum Gasteiger partial charge on any atom is -0.379 e. The summed E-state index contributed by atoms with van der Waals surface area (Å²) in [6, 6.07) is 15.6. The predicted octanol–water partition coefficient (Wildman–Crippen LogP) is 4.78. The lowest BCUT2D eigenvalue weighted by Crippen LogP contribution is -2.07. The van der Waals surface area contributed by atoms with Gasteiger partial charge in [0.2, 0.25) is 0 Å². The summed E-state index contributed by atoms with van der Waals surface area (Å²) in [5.41, 5.74) is 6.43. The molecule has 94 valence electrons. The zero-order valence-corrected chi connectivity index (χ0v) is 11.6. The smallest absolute Gasteiger partial charge is 0.0485 e. The molecule has 0 aliphatic rings. The molecule has 1 N–H and O–H groups in total. The quantitative estimate of drug-likeness (QED) is 0.812. The Kier molecular flexibility index (Phi) is 3.71. The van der Waals surface area contributed by atoms with E-state index in [0.717, 1.165) is 0 Å². The van der Waals surface area contributed by atoms with Gasteiger partial charge in [-0.25, -0.2) is 0 Å². The van der Waals surface area contributed by atoms with Crippen LogP contribution in [-0.2, 0) is 0 Å². The summed E-state index contributed by atoms with van der Waals surface area (Å²) >= 11 is 0. The molecule has 0 saturated carbocycles. The zero-order valence-electron chi connectivity index (χ0n) is 11.6. The van der Waals surface area contributed by atoms with Crippen molar-refractivity contribution in [3.8, 4) is 0 Å². The Bertz CT molecular complexity index is 523. The maximum atomic E-state index is 3.57. The van der Waals surface area contributed by atoms with Gasteiger partial charge in [0.1, 0.15) is 0 Å². The Balaban J connectivity index is 2.18. The summed E-state index contributed by atoms with van der Waals surface area (Å²) in [6.07, 6.45) is 0. The number of rotatable bonds is 3. The second-order valence-electron chi connectivity index (χ2n) is 5.16. The van der Waals surface area contributed by atoms with E-state index in [0.29, 0.717) is 6.04 Å². The van der Waals surface area contributed by atoms with Crippen LogP contribution in [-0.4, -0.2) is 0 Å². The molecule has 0 heterocycles. The molecule has 2 aromatic carbocycles. The molecule has 0 aliphatic heterocycles. The van der Waals surface area contributed by atoms with Gasteiger partial charge in [-0.05, 0) is 56.5 Å². The van der Waals surface area contributed by atoms with E-state index in [4.69, 9.17) is 0 Å². The third-order valence-electron chi connectivity index (χ3n) is 3.15. The highest BCUT2D eigenvalue weighted by atomic mass is 14.9. The Hall–Kier alpha value is -1.76. The Labute approximate surface area is 110 Å². The molecule has 0 fully saturated rings. The first-order valence-corrected chi connectivity index (χ1v) is 6.46. The van der Waals surface area contributed by atoms with Crippen molar-refractivity contribution >= 4 is 5.69 Å². The molecule has 18 heavy (non-hydrogen) atoms. The normalized spacial score (nSPS) is 12.2. The number of hydrogen-bond acceptors (Lipinski definition) is 1. The van der Waals surface area contributed by atoms with E-state index in [-0.39, 0.29) is 0 Å². The van der Waals surface area contributed by atoms with Gasteiger partial charge in [-0.2, -0.15) is 0 Å². The van der Waals surface area contributed by atoms with E-state index in [2.05, 4.69) is 75.5 Å². The van der Waals surface area contributed by atoms with E-state index in [1.165, 1.54) is 27.9 Å². The molecule has 0 spiro atoms. The van der Waals surface area contributed by atoms with Crippen LogP contribution in [0.2, 0.25) is 0 Å². The molecular weight excluding hydrogens is 218 g/mol. The fourth-order valence-electron chi connectivity index (χ4n) is 2.33. The highest BCUT2D eigenvalue weighted by molar-refractivity contribution is 5.50. The average Bonchev–Trinajstić information content (AvgIpc) is 2.27. The van der Waals surface area contributed by atoms with Crippen molar-refractivity contribution in [2.45, 2.75) is 33.7 Å². The van der Waals surface area contributed by atoms with Gasteiger partial charge in [0.15, 0.2) is 0 Å². The molecule has 1 nitrogen and oxygen atoms in total. The molecule has 1 unspecified atom stereocenters. The van der Waals surface area contributed by atoms with Crippen LogP contribution in [0.3, 0.4) is 0 Å². The van der Waals surface area contributed by atoms with Crippen LogP contribution in [0.1, 0.15) is 35.2 Å². The lowest BCUT2D eigenvalue weighted by molar-refractivity contribution is 0.882. The number of aryl methyl sites for hydroxylation is 3. The SMILES string of the molecule is Cc1cc(C)cc(NC(C)c2cccc(C)c2)c1. The van der Waals surface area contributed by atoms with Crippen molar-refractivity contribution in [3.63, 3.8) is 0 Å². The maximum Gasteiger partial charge on any atom is 0.0485 e. The summed E-state index contributed by atoms with van der Waals surface area (Å²) in [5, 5.41) is 3.57. The molecule has 1 atom stereocenters. The summed E-state index contributed by atoms with van der Waals surface area (Å²) in [7, 11) is 0. The number of anilines is 1. The average molecular weight is 239 g/mol. The minimum absolute atomic E-state index is 0.325. The predicted molar refractivity (Wildman–Crippen MR) is 79.1 cm³/mol. The molecule has 0 amide bonds. The Morgan fingerprint density at radius 1 is 0.833 bits per heavy atom. The summed E-state index contributed by atoms with van der Waals surface area (Å²) in [6.45, 7) is 8.60. The molecule has 0 aliphatic carbocycles. The standard InChI is InChI=1S/C17H21N/c1-12-6-5-7-16(9-12)15(4)18-17-10-13(2)8-14(3)11-17/h5-11,15,18H,1-4H3. The molecule has 1 heteroatoms. The van der Waals surface area contributed by atoms with Crippen LogP contribution < -0.4 is 5.32 Å². The van der Waals surface area contributed by atoms with Gasteiger partial charge in [-0.15, -0.1) is 0 Å². The van der Waals surface area contributed by atoms with Gasteiger partial charge < -0.3 is 5.32 Å². The van der Waals surface area contributed by atoms with Crippen molar-refractivity contribution in [3.05, 3.63) is 64.7 Å². The van der Waals surface area contributed by atoms with Crippen molar-refractivity contribution in [1.82, 2.24) is 0 Å². The Morgan fingerprint density at radius 2 is 1.50 bits per heavy atom. The monoisotopic (exact) mass is 239 g/mol. The molecule has 2 rings (SSSR count). The first-order valence-electron chi connectivity index (χ1n) is 6.46. The lowest BCUT2D eigenvalue weighted by Gasteiger charge is -2.17. The zero-order chi connectivity index (χ0) is 13.1. The van der Waals surface area contributed by atoms with Crippen LogP contribution in [0, 0.1) is 20.8 Å². The number of nitrogens with one attached hydrogen (secondary N) is 1. The fourth-order valence-corrected chi connectivity index (χ4v) is 2.33. The minimum atomic E-state index is 0.325. The van der Waals surface area contributed by atoms with Gasteiger partial charge in [0, 0.05) is 11.7 Å². The lowest BCUT2D eigenvalue weighted by atomic mass is 10.0. The van der Waals surface area contributed by atoms with E-state index in [9.17, 15) is 0 Å². The highest BCUT2D eigenvalue weighted by Gasteiger charge is 2.05.